The normalized spacial score (nSPS) is 36.8. The van der Waals surface area contributed by atoms with Gasteiger partial charge in [-0.3, -0.25) is 0 Å². The highest BCUT2D eigenvalue weighted by Crippen LogP contribution is 2.38. The van der Waals surface area contributed by atoms with E-state index in [4.69, 9.17) is 4.74 Å². The first-order valence-corrected chi connectivity index (χ1v) is 8.60. The lowest BCUT2D eigenvalue weighted by molar-refractivity contribution is -0.0746. The topological polar surface area (TPSA) is 21.3 Å². The summed E-state index contributed by atoms with van der Waals surface area (Å²) in [6, 6.07) is 9.33. The summed E-state index contributed by atoms with van der Waals surface area (Å²) in [5.74, 6) is 0.882. The van der Waals surface area contributed by atoms with Crippen LogP contribution in [0.1, 0.15) is 63.7 Å². The predicted octanol–water partition coefficient (Wildman–Crippen LogP) is 4.25. The largest absolute Gasteiger partial charge is 0.370 e. The second kappa shape index (κ2) is 6.10. The minimum absolute atomic E-state index is 0.195. The van der Waals surface area contributed by atoms with E-state index in [-0.39, 0.29) is 11.6 Å². The molecule has 1 aromatic rings. The average molecular weight is 287 g/mol. The van der Waals surface area contributed by atoms with E-state index in [0.717, 1.165) is 18.9 Å². The third-order valence-corrected chi connectivity index (χ3v) is 5.48. The fraction of sp³-hybridized carbons (Fsp3) is 0.684. The van der Waals surface area contributed by atoms with Gasteiger partial charge in [-0.25, -0.2) is 0 Å². The van der Waals surface area contributed by atoms with Gasteiger partial charge in [0.1, 0.15) is 0 Å². The lowest BCUT2D eigenvalue weighted by Crippen LogP contribution is -2.60. The molecule has 1 heterocycles. The summed E-state index contributed by atoms with van der Waals surface area (Å²) in [6.07, 6.45) is 6.49. The Kier molecular flexibility index (Phi) is 4.37. The second-order valence-corrected chi connectivity index (χ2v) is 7.22. The summed E-state index contributed by atoms with van der Waals surface area (Å²) in [4.78, 5) is 0. The van der Waals surface area contributed by atoms with Crippen LogP contribution in [-0.2, 0) is 11.2 Å². The summed E-state index contributed by atoms with van der Waals surface area (Å²) >= 11 is 0. The molecule has 1 aliphatic heterocycles. The molecule has 0 amide bonds. The highest BCUT2D eigenvalue weighted by molar-refractivity contribution is 5.26. The minimum Gasteiger partial charge on any atom is -0.370 e. The van der Waals surface area contributed by atoms with Crippen LogP contribution in [0.2, 0.25) is 0 Å². The fourth-order valence-electron chi connectivity index (χ4n) is 3.93. The maximum Gasteiger partial charge on any atom is 0.0976 e. The highest BCUT2D eigenvalue weighted by Gasteiger charge is 2.41. The molecule has 21 heavy (non-hydrogen) atoms. The van der Waals surface area contributed by atoms with E-state index in [0.29, 0.717) is 6.04 Å². The van der Waals surface area contributed by atoms with Gasteiger partial charge in [0, 0.05) is 11.6 Å². The summed E-state index contributed by atoms with van der Waals surface area (Å²) in [5.41, 5.74) is 2.95. The predicted molar refractivity (Wildman–Crippen MR) is 87.5 cm³/mol. The molecule has 3 rings (SSSR count). The van der Waals surface area contributed by atoms with Gasteiger partial charge >= 0.3 is 0 Å². The first-order chi connectivity index (χ1) is 10.1. The third kappa shape index (κ3) is 3.17. The van der Waals surface area contributed by atoms with Crippen molar-refractivity contribution >= 4 is 0 Å². The molecule has 2 unspecified atom stereocenters. The van der Waals surface area contributed by atoms with E-state index in [1.807, 2.05) is 0 Å². The maximum atomic E-state index is 6.32. The Bertz CT molecular complexity index is 459. The van der Waals surface area contributed by atoms with Gasteiger partial charge in [-0.15, -0.1) is 0 Å². The van der Waals surface area contributed by atoms with Gasteiger partial charge < -0.3 is 10.1 Å². The van der Waals surface area contributed by atoms with E-state index in [1.54, 1.807) is 0 Å². The first kappa shape index (κ1) is 15.1. The Labute approximate surface area is 129 Å². The molecular weight excluding hydrogens is 258 g/mol. The molecule has 1 N–H and O–H groups in total. The molecule has 1 aromatic carbocycles. The maximum absolute atomic E-state index is 6.32. The lowest BCUT2D eigenvalue weighted by atomic mass is 9.76. The number of ether oxygens (including phenoxy) is 1. The van der Waals surface area contributed by atoms with Gasteiger partial charge in [0.2, 0.25) is 0 Å². The van der Waals surface area contributed by atoms with Crippen molar-refractivity contribution in [2.24, 2.45) is 5.92 Å². The summed E-state index contributed by atoms with van der Waals surface area (Å²) < 4.78 is 6.32. The van der Waals surface area contributed by atoms with Gasteiger partial charge in [0.25, 0.3) is 0 Å². The van der Waals surface area contributed by atoms with Crippen LogP contribution in [0.25, 0.3) is 0 Å². The molecule has 116 valence electrons. The van der Waals surface area contributed by atoms with Crippen molar-refractivity contribution in [2.45, 2.75) is 70.6 Å². The molecule has 2 fully saturated rings. The van der Waals surface area contributed by atoms with Crippen LogP contribution < -0.4 is 5.32 Å². The lowest BCUT2D eigenvalue weighted by Gasteiger charge is -2.48. The Morgan fingerprint density at radius 3 is 2.38 bits per heavy atom. The van der Waals surface area contributed by atoms with Crippen LogP contribution >= 0.6 is 0 Å². The number of nitrogens with one attached hydrogen (secondary N) is 1. The monoisotopic (exact) mass is 287 g/mol. The average Bonchev–Trinajstić information content (AvgIpc) is 2.51. The summed E-state index contributed by atoms with van der Waals surface area (Å²) in [5, 5.41) is 3.90. The van der Waals surface area contributed by atoms with E-state index >= 15 is 0 Å². The zero-order valence-corrected chi connectivity index (χ0v) is 13.7. The molecule has 2 aliphatic rings. The van der Waals surface area contributed by atoms with E-state index < -0.39 is 0 Å². The van der Waals surface area contributed by atoms with Gasteiger partial charge in [0.05, 0.1) is 12.7 Å². The smallest absolute Gasteiger partial charge is 0.0976 e. The molecule has 2 atom stereocenters. The van der Waals surface area contributed by atoms with Gasteiger partial charge in [-0.05, 0) is 56.1 Å². The summed E-state index contributed by atoms with van der Waals surface area (Å²) in [6.45, 7) is 7.71. The van der Waals surface area contributed by atoms with Crippen molar-refractivity contribution in [1.82, 2.24) is 5.32 Å². The van der Waals surface area contributed by atoms with Crippen molar-refractivity contribution < 1.29 is 4.74 Å². The van der Waals surface area contributed by atoms with Crippen molar-refractivity contribution in [3.05, 3.63) is 35.4 Å². The van der Waals surface area contributed by atoms with Crippen molar-refractivity contribution in [1.29, 1.82) is 0 Å². The van der Waals surface area contributed by atoms with Crippen LogP contribution in [0.15, 0.2) is 24.3 Å². The molecule has 2 nitrogen and oxygen atoms in total. The highest BCUT2D eigenvalue weighted by atomic mass is 16.5. The number of rotatable bonds is 2. The zero-order chi connectivity index (χ0) is 14.9. The van der Waals surface area contributed by atoms with Gasteiger partial charge in [-0.2, -0.15) is 0 Å². The van der Waals surface area contributed by atoms with E-state index in [1.165, 1.54) is 36.8 Å². The first-order valence-electron chi connectivity index (χ1n) is 8.60. The van der Waals surface area contributed by atoms with Crippen molar-refractivity contribution in [2.75, 3.05) is 6.61 Å². The van der Waals surface area contributed by atoms with E-state index in [9.17, 15) is 0 Å². The summed E-state index contributed by atoms with van der Waals surface area (Å²) in [7, 11) is 0. The number of morpholine rings is 1. The Morgan fingerprint density at radius 2 is 1.81 bits per heavy atom. The Hall–Kier alpha value is -0.860. The Morgan fingerprint density at radius 1 is 1.14 bits per heavy atom. The molecule has 0 bridgehead atoms. The van der Waals surface area contributed by atoms with Crippen LogP contribution in [0, 0.1) is 5.92 Å². The van der Waals surface area contributed by atoms with Crippen LogP contribution in [0.5, 0.6) is 0 Å². The fourth-order valence-corrected chi connectivity index (χ4v) is 3.93. The van der Waals surface area contributed by atoms with Crippen molar-refractivity contribution in [3.8, 4) is 0 Å². The van der Waals surface area contributed by atoms with Crippen LogP contribution in [-0.4, -0.2) is 18.2 Å². The molecule has 1 saturated heterocycles. The number of aryl methyl sites for hydroxylation is 1. The molecule has 0 radical (unpaired) electrons. The molecular formula is C19H29NO. The Balaban J connectivity index is 1.67. The standard InChI is InChI=1S/C19H29NO/c1-4-16-5-7-17(8-6-16)18-15(3)20-19(13-21-18)11-9-14(2)10-12-19/h5-8,14-15,18,20H,4,9-13H2,1-3H3. The number of hydrogen-bond acceptors (Lipinski definition) is 2. The van der Waals surface area contributed by atoms with Gasteiger partial charge in [-0.1, -0.05) is 38.1 Å². The third-order valence-electron chi connectivity index (χ3n) is 5.48. The molecule has 1 saturated carbocycles. The zero-order valence-electron chi connectivity index (χ0n) is 13.7. The molecule has 0 aromatic heterocycles. The number of hydrogen-bond donors (Lipinski definition) is 1. The minimum atomic E-state index is 0.195. The van der Waals surface area contributed by atoms with Crippen molar-refractivity contribution in [3.63, 3.8) is 0 Å². The van der Waals surface area contributed by atoms with E-state index in [2.05, 4.69) is 50.4 Å². The van der Waals surface area contributed by atoms with Gasteiger partial charge in [0.15, 0.2) is 0 Å². The molecule has 1 spiro atoms. The van der Waals surface area contributed by atoms with Crippen LogP contribution in [0.3, 0.4) is 0 Å². The molecule has 2 heteroatoms. The molecule has 1 aliphatic carbocycles. The SMILES string of the molecule is CCc1ccc(C2OCC3(CCC(C)CC3)NC2C)cc1. The van der Waals surface area contributed by atoms with Crippen LogP contribution in [0.4, 0.5) is 0 Å². The quantitative estimate of drug-likeness (QED) is 0.878. The second-order valence-electron chi connectivity index (χ2n) is 7.22. The number of benzene rings is 1.